The van der Waals surface area contributed by atoms with Gasteiger partial charge in [0.2, 0.25) is 0 Å². The van der Waals surface area contributed by atoms with Gasteiger partial charge in [0.15, 0.2) is 0 Å². The summed E-state index contributed by atoms with van der Waals surface area (Å²) in [5, 5.41) is 4.49. The van der Waals surface area contributed by atoms with Gasteiger partial charge in [0.1, 0.15) is 5.82 Å². The van der Waals surface area contributed by atoms with Gasteiger partial charge in [-0.2, -0.15) is 5.10 Å². The Morgan fingerprint density at radius 2 is 1.93 bits per heavy atom. The number of nitrogens with zero attached hydrogens (tertiary/aromatic N) is 5. The molecule has 142 valence electrons. The number of hydrogen-bond donors (Lipinski definition) is 0. The highest BCUT2D eigenvalue weighted by atomic mass is 16.2. The van der Waals surface area contributed by atoms with Gasteiger partial charge in [-0.15, -0.1) is 0 Å². The highest BCUT2D eigenvalue weighted by Gasteiger charge is 2.12. The van der Waals surface area contributed by atoms with Crippen molar-refractivity contribution in [3.8, 4) is 0 Å². The molecule has 0 N–H and O–H groups in total. The first-order valence-corrected chi connectivity index (χ1v) is 9.25. The summed E-state index contributed by atoms with van der Waals surface area (Å²) in [6, 6.07) is 9.88. The lowest BCUT2D eigenvalue weighted by atomic mass is 10.1. The van der Waals surface area contributed by atoms with Crippen LogP contribution in [0.15, 0.2) is 42.7 Å². The molecule has 6 heteroatoms. The highest BCUT2D eigenvalue weighted by Crippen LogP contribution is 2.11. The first-order chi connectivity index (χ1) is 12.9. The van der Waals surface area contributed by atoms with Crippen molar-refractivity contribution in [2.24, 2.45) is 7.05 Å². The first-order valence-electron chi connectivity index (χ1n) is 9.25. The average Bonchev–Trinajstić information content (AvgIpc) is 3.19. The van der Waals surface area contributed by atoms with Gasteiger partial charge < -0.3 is 9.47 Å². The molecule has 0 bridgehead atoms. The molecular weight excluding hydrogens is 338 g/mol. The Balaban J connectivity index is 1.54. The number of aryl methyl sites for hydroxylation is 4. The van der Waals surface area contributed by atoms with Crippen molar-refractivity contribution in [1.29, 1.82) is 0 Å². The number of rotatable bonds is 7. The fraction of sp³-hybridized carbons (Fsp3) is 0.381. The molecule has 0 spiro atoms. The maximum absolute atomic E-state index is 12.6. The van der Waals surface area contributed by atoms with E-state index in [1.165, 1.54) is 0 Å². The molecule has 6 nitrogen and oxygen atoms in total. The summed E-state index contributed by atoms with van der Waals surface area (Å²) in [5.74, 6) is 1.09. The van der Waals surface area contributed by atoms with Crippen molar-refractivity contribution in [1.82, 2.24) is 24.2 Å². The van der Waals surface area contributed by atoms with Crippen molar-refractivity contribution in [3.63, 3.8) is 0 Å². The SMILES string of the molecule is Cc1cc(C)n(Cc2ccc(C(=O)N(C)CCCc3nccn3C)cc2)n1. The number of aromatic nitrogens is 4. The van der Waals surface area contributed by atoms with E-state index in [2.05, 4.69) is 23.1 Å². The van der Waals surface area contributed by atoms with Crippen LogP contribution >= 0.6 is 0 Å². The minimum absolute atomic E-state index is 0.0486. The number of benzene rings is 1. The van der Waals surface area contributed by atoms with Crippen LogP contribution in [0.1, 0.15) is 39.6 Å². The summed E-state index contributed by atoms with van der Waals surface area (Å²) in [4.78, 5) is 18.7. The predicted molar refractivity (Wildman–Crippen MR) is 106 cm³/mol. The molecule has 0 fully saturated rings. The zero-order valence-electron chi connectivity index (χ0n) is 16.5. The van der Waals surface area contributed by atoms with E-state index >= 15 is 0 Å². The average molecular weight is 365 g/mol. The highest BCUT2D eigenvalue weighted by molar-refractivity contribution is 5.94. The minimum Gasteiger partial charge on any atom is -0.342 e. The standard InChI is InChI=1S/C21H27N5O/c1-16-14-17(2)26(23-16)15-18-7-9-19(10-8-18)21(27)25(4)12-5-6-20-22-11-13-24(20)3/h7-11,13-14H,5-6,12,15H2,1-4H3. The molecule has 0 aliphatic carbocycles. The minimum atomic E-state index is 0.0486. The van der Waals surface area contributed by atoms with Crippen molar-refractivity contribution in [3.05, 3.63) is 71.1 Å². The topological polar surface area (TPSA) is 56.0 Å². The lowest BCUT2D eigenvalue weighted by Gasteiger charge is -2.17. The molecular formula is C21H27N5O. The van der Waals surface area contributed by atoms with Crippen LogP contribution in [-0.2, 0) is 20.0 Å². The fourth-order valence-electron chi connectivity index (χ4n) is 3.19. The molecule has 1 aromatic carbocycles. The Kier molecular flexibility index (Phi) is 5.74. The van der Waals surface area contributed by atoms with E-state index in [0.717, 1.165) is 35.6 Å². The lowest BCUT2D eigenvalue weighted by molar-refractivity contribution is 0.0793. The van der Waals surface area contributed by atoms with Crippen LogP contribution in [0.3, 0.4) is 0 Å². The molecule has 0 aliphatic heterocycles. The molecule has 0 saturated carbocycles. The van der Waals surface area contributed by atoms with E-state index in [1.807, 2.05) is 60.7 Å². The Labute approximate surface area is 160 Å². The Hall–Kier alpha value is -2.89. The van der Waals surface area contributed by atoms with Gasteiger partial charge >= 0.3 is 0 Å². The largest absolute Gasteiger partial charge is 0.342 e. The fourth-order valence-corrected chi connectivity index (χ4v) is 3.19. The summed E-state index contributed by atoms with van der Waals surface area (Å²) in [6.07, 6.45) is 5.50. The van der Waals surface area contributed by atoms with Crippen LogP contribution in [0.4, 0.5) is 0 Å². The van der Waals surface area contributed by atoms with E-state index < -0.39 is 0 Å². The number of carbonyl (C=O) groups excluding carboxylic acids is 1. The molecule has 0 radical (unpaired) electrons. The van der Waals surface area contributed by atoms with Gasteiger partial charge in [-0.25, -0.2) is 4.98 Å². The van der Waals surface area contributed by atoms with Gasteiger partial charge in [-0.05, 0) is 44.0 Å². The van der Waals surface area contributed by atoms with Gasteiger partial charge in [0.25, 0.3) is 5.91 Å². The van der Waals surface area contributed by atoms with Gasteiger partial charge in [0.05, 0.1) is 12.2 Å². The predicted octanol–water partition coefficient (Wildman–Crippen LogP) is 2.99. The van der Waals surface area contributed by atoms with Crippen molar-refractivity contribution in [2.45, 2.75) is 33.2 Å². The molecule has 0 saturated heterocycles. The molecule has 0 aliphatic rings. The summed E-state index contributed by atoms with van der Waals surface area (Å²) >= 11 is 0. The Morgan fingerprint density at radius 3 is 2.52 bits per heavy atom. The molecule has 2 aromatic heterocycles. The van der Waals surface area contributed by atoms with Gasteiger partial charge in [-0.1, -0.05) is 12.1 Å². The van der Waals surface area contributed by atoms with Crippen molar-refractivity contribution in [2.75, 3.05) is 13.6 Å². The van der Waals surface area contributed by atoms with Crippen LogP contribution < -0.4 is 0 Å². The van der Waals surface area contributed by atoms with E-state index in [9.17, 15) is 4.79 Å². The van der Waals surface area contributed by atoms with Gasteiger partial charge in [0, 0.05) is 50.7 Å². The smallest absolute Gasteiger partial charge is 0.253 e. The Morgan fingerprint density at radius 1 is 1.19 bits per heavy atom. The molecule has 2 heterocycles. The zero-order valence-corrected chi connectivity index (χ0v) is 16.5. The first kappa shape index (κ1) is 18.9. The number of amides is 1. The van der Waals surface area contributed by atoms with E-state index in [1.54, 1.807) is 11.1 Å². The second-order valence-corrected chi connectivity index (χ2v) is 7.07. The van der Waals surface area contributed by atoms with Crippen LogP contribution in [0.5, 0.6) is 0 Å². The zero-order chi connectivity index (χ0) is 19.4. The lowest BCUT2D eigenvalue weighted by Crippen LogP contribution is -2.28. The second kappa shape index (κ2) is 8.20. The third-order valence-corrected chi connectivity index (χ3v) is 4.80. The van der Waals surface area contributed by atoms with Gasteiger partial charge in [-0.3, -0.25) is 9.48 Å². The molecule has 1 amide bonds. The molecule has 27 heavy (non-hydrogen) atoms. The van der Waals surface area contributed by atoms with Crippen molar-refractivity contribution >= 4 is 5.91 Å². The molecule has 3 aromatic rings. The van der Waals surface area contributed by atoms with E-state index in [0.29, 0.717) is 18.7 Å². The van der Waals surface area contributed by atoms with Crippen molar-refractivity contribution < 1.29 is 4.79 Å². The van der Waals surface area contributed by atoms with Crippen LogP contribution in [0.25, 0.3) is 0 Å². The number of imidazole rings is 1. The molecule has 3 rings (SSSR count). The van der Waals surface area contributed by atoms with E-state index in [4.69, 9.17) is 0 Å². The number of carbonyl (C=O) groups is 1. The van der Waals surface area contributed by atoms with Crippen LogP contribution in [-0.4, -0.2) is 43.7 Å². The summed E-state index contributed by atoms with van der Waals surface area (Å²) < 4.78 is 4.00. The third kappa shape index (κ3) is 4.64. The maximum atomic E-state index is 12.6. The summed E-state index contributed by atoms with van der Waals surface area (Å²) in [7, 11) is 3.84. The summed E-state index contributed by atoms with van der Waals surface area (Å²) in [5.41, 5.74) is 4.01. The third-order valence-electron chi connectivity index (χ3n) is 4.80. The number of hydrogen-bond acceptors (Lipinski definition) is 3. The van der Waals surface area contributed by atoms with Crippen LogP contribution in [0, 0.1) is 13.8 Å². The quantitative estimate of drug-likeness (QED) is 0.647. The normalized spacial score (nSPS) is 11.0. The summed E-state index contributed by atoms with van der Waals surface area (Å²) in [6.45, 7) is 5.47. The molecule has 0 atom stereocenters. The monoisotopic (exact) mass is 365 g/mol. The molecule has 0 unspecified atom stereocenters. The maximum Gasteiger partial charge on any atom is 0.253 e. The second-order valence-electron chi connectivity index (χ2n) is 7.07. The Bertz CT molecular complexity index is 907. The van der Waals surface area contributed by atoms with Crippen LogP contribution in [0.2, 0.25) is 0 Å². The van der Waals surface area contributed by atoms with E-state index in [-0.39, 0.29) is 5.91 Å².